The second kappa shape index (κ2) is 7.32. The van der Waals surface area contributed by atoms with Crippen molar-refractivity contribution in [3.8, 4) is 0 Å². The van der Waals surface area contributed by atoms with Gasteiger partial charge in [-0.3, -0.25) is 19.7 Å². The lowest BCUT2D eigenvalue weighted by atomic mass is 10.0. The van der Waals surface area contributed by atoms with E-state index in [0.29, 0.717) is 5.56 Å². The monoisotopic (exact) mass is 331 g/mol. The minimum atomic E-state index is -1.03. The van der Waals surface area contributed by atoms with Crippen LogP contribution in [0.4, 0.5) is 10.1 Å². The van der Waals surface area contributed by atoms with Crippen molar-refractivity contribution in [3.05, 3.63) is 75.6 Å². The van der Waals surface area contributed by atoms with Crippen LogP contribution in [0.5, 0.6) is 0 Å². The first kappa shape index (κ1) is 17.1. The SMILES string of the molecule is NC(=O)[C@H](Cc1ccc([N+](=O)[O-])cc1)NC(=O)c1cccc(F)c1. The lowest BCUT2D eigenvalue weighted by Gasteiger charge is -2.15. The van der Waals surface area contributed by atoms with Crippen LogP contribution in [0.2, 0.25) is 0 Å². The number of primary amides is 1. The van der Waals surface area contributed by atoms with Crippen LogP contribution in [-0.4, -0.2) is 22.8 Å². The third-order valence-electron chi connectivity index (χ3n) is 3.32. The Morgan fingerprint density at radius 1 is 1.21 bits per heavy atom. The third-order valence-corrected chi connectivity index (χ3v) is 3.32. The average Bonchev–Trinajstić information content (AvgIpc) is 2.54. The lowest BCUT2D eigenvalue weighted by molar-refractivity contribution is -0.384. The number of carbonyl (C=O) groups excluding carboxylic acids is 2. The number of benzene rings is 2. The van der Waals surface area contributed by atoms with Gasteiger partial charge in [-0.25, -0.2) is 4.39 Å². The molecule has 0 aliphatic rings. The summed E-state index contributed by atoms with van der Waals surface area (Å²) in [6, 6.07) is 9.52. The van der Waals surface area contributed by atoms with Crippen LogP contribution in [0.25, 0.3) is 0 Å². The molecule has 0 fully saturated rings. The van der Waals surface area contributed by atoms with Crippen LogP contribution < -0.4 is 11.1 Å². The Balaban J connectivity index is 2.10. The van der Waals surface area contributed by atoms with Crippen molar-refractivity contribution in [2.75, 3.05) is 0 Å². The summed E-state index contributed by atoms with van der Waals surface area (Å²) in [5.41, 5.74) is 5.85. The van der Waals surface area contributed by atoms with Gasteiger partial charge in [0.25, 0.3) is 11.6 Å². The molecule has 0 aromatic heterocycles. The molecule has 24 heavy (non-hydrogen) atoms. The van der Waals surface area contributed by atoms with Gasteiger partial charge in [-0.15, -0.1) is 0 Å². The summed E-state index contributed by atoms with van der Waals surface area (Å²) in [4.78, 5) is 33.7. The van der Waals surface area contributed by atoms with Gasteiger partial charge in [-0.1, -0.05) is 18.2 Å². The molecule has 1 atom stereocenters. The minimum absolute atomic E-state index is 0.0601. The summed E-state index contributed by atoms with van der Waals surface area (Å²) in [7, 11) is 0. The van der Waals surface area contributed by atoms with Gasteiger partial charge in [0.2, 0.25) is 5.91 Å². The zero-order valence-electron chi connectivity index (χ0n) is 12.4. The van der Waals surface area contributed by atoms with Gasteiger partial charge in [0.1, 0.15) is 11.9 Å². The van der Waals surface area contributed by atoms with Crippen LogP contribution in [0, 0.1) is 15.9 Å². The first-order valence-electron chi connectivity index (χ1n) is 6.96. The smallest absolute Gasteiger partial charge is 0.269 e. The zero-order valence-corrected chi connectivity index (χ0v) is 12.4. The van der Waals surface area contributed by atoms with Gasteiger partial charge in [0.15, 0.2) is 0 Å². The molecule has 2 aromatic carbocycles. The van der Waals surface area contributed by atoms with E-state index in [-0.39, 0.29) is 17.7 Å². The van der Waals surface area contributed by atoms with E-state index >= 15 is 0 Å². The largest absolute Gasteiger partial charge is 0.368 e. The van der Waals surface area contributed by atoms with Crippen molar-refractivity contribution in [1.29, 1.82) is 0 Å². The van der Waals surface area contributed by atoms with Crippen molar-refractivity contribution in [1.82, 2.24) is 5.32 Å². The second-order valence-electron chi connectivity index (χ2n) is 5.07. The molecule has 2 amide bonds. The van der Waals surface area contributed by atoms with E-state index in [2.05, 4.69) is 5.32 Å². The maximum atomic E-state index is 13.1. The Labute approximate surface area is 136 Å². The van der Waals surface area contributed by atoms with Gasteiger partial charge in [-0.2, -0.15) is 0 Å². The number of hydrogen-bond acceptors (Lipinski definition) is 4. The zero-order chi connectivity index (χ0) is 17.7. The molecule has 0 heterocycles. The molecule has 0 saturated carbocycles. The van der Waals surface area contributed by atoms with Crippen molar-refractivity contribution < 1.29 is 18.9 Å². The van der Waals surface area contributed by atoms with Crippen LogP contribution in [-0.2, 0) is 11.2 Å². The Hall–Kier alpha value is -3.29. The van der Waals surface area contributed by atoms with Crippen LogP contribution in [0.3, 0.4) is 0 Å². The Morgan fingerprint density at radius 2 is 1.88 bits per heavy atom. The fourth-order valence-corrected chi connectivity index (χ4v) is 2.08. The molecule has 2 rings (SSSR count). The van der Waals surface area contributed by atoms with E-state index < -0.39 is 28.6 Å². The van der Waals surface area contributed by atoms with Gasteiger partial charge in [0.05, 0.1) is 4.92 Å². The van der Waals surface area contributed by atoms with Crippen molar-refractivity contribution in [3.63, 3.8) is 0 Å². The number of halogens is 1. The summed E-state index contributed by atoms with van der Waals surface area (Å²) in [6.07, 6.45) is 0.0639. The highest BCUT2D eigenvalue weighted by Crippen LogP contribution is 2.13. The average molecular weight is 331 g/mol. The summed E-state index contributed by atoms with van der Waals surface area (Å²) >= 11 is 0. The summed E-state index contributed by atoms with van der Waals surface area (Å²) in [6.45, 7) is 0. The predicted octanol–water partition coefficient (Wildman–Crippen LogP) is 1.56. The number of nitrogens with one attached hydrogen (secondary N) is 1. The number of nitro groups is 1. The van der Waals surface area contributed by atoms with Crippen molar-refractivity contribution in [2.24, 2.45) is 5.73 Å². The van der Waals surface area contributed by atoms with Gasteiger partial charge < -0.3 is 11.1 Å². The second-order valence-corrected chi connectivity index (χ2v) is 5.07. The molecule has 0 saturated heterocycles. The van der Waals surface area contributed by atoms with E-state index in [1.807, 2.05) is 0 Å². The maximum absolute atomic E-state index is 13.1. The lowest BCUT2D eigenvalue weighted by Crippen LogP contribution is -2.45. The fraction of sp³-hybridized carbons (Fsp3) is 0.125. The fourth-order valence-electron chi connectivity index (χ4n) is 2.08. The number of hydrogen-bond donors (Lipinski definition) is 2. The number of amides is 2. The molecule has 0 radical (unpaired) electrons. The number of nitrogens with two attached hydrogens (primary N) is 1. The third kappa shape index (κ3) is 4.35. The van der Waals surface area contributed by atoms with Crippen LogP contribution >= 0.6 is 0 Å². The molecule has 3 N–H and O–H groups in total. The number of nitrogens with zero attached hydrogens (tertiary/aromatic N) is 1. The molecule has 124 valence electrons. The number of non-ortho nitro benzene ring substituents is 1. The summed E-state index contributed by atoms with van der Waals surface area (Å²) in [5, 5.41) is 13.0. The normalized spacial score (nSPS) is 11.5. The number of carbonyl (C=O) groups is 2. The number of rotatable bonds is 6. The highest BCUT2D eigenvalue weighted by atomic mass is 19.1. The molecule has 0 aliphatic heterocycles. The van der Waals surface area contributed by atoms with Gasteiger partial charge in [0, 0.05) is 24.1 Å². The molecule has 0 bridgehead atoms. The maximum Gasteiger partial charge on any atom is 0.269 e. The van der Waals surface area contributed by atoms with E-state index in [9.17, 15) is 24.1 Å². The Bertz CT molecular complexity index is 777. The van der Waals surface area contributed by atoms with Gasteiger partial charge in [-0.05, 0) is 23.8 Å². The topological polar surface area (TPSA) is 115 Å². The molecule has 0 aliphatic carbocycles. The Morgan fingerprint density at radius 3 is 2.42 bits per heavy atom. The highest BCUT2D eigenvalue weighted by molar-refractivity contribution is 5.97. The first-order chi connectivity index (χ1) is 11.4. The summed E-state index contributed by atoms with van der Waals surface area (Å²) < 4.78 is 13.1. The molecule has 8 heteroatoms. The highest BCUT2D eigenvalue weighted by Gasteiger charge is 2.20. The van der Waals surface area contributed by atoms with Crippen LogP contribution in [0.15, 0.2) is 48.5 Å². The minimum Gasteiger partial charge on any atom is -0.368 e. The van der Waals surface area contributed by atoms with Gasteiger partial charge >= 0.3 is 0 Å². The first-order valence-corrected chi connectivity index (χ1v) is 6.96. The molecule has 2 aromatic rings. The van der Waals surface area contributed by atoms with E-state index in [0.717, 1.165) is 6.07 Å². The molecular weight excluding hydrogens is 317 g/mol. The molecule has 0 spiro atoms. The van der Waals surface area contributed by atoms with Crippen molar-refractivity contribution in [2.45, 2.75) is 12.5 Å². The standard InChI is InChI=1S/C16H14FN3O4/c17-12-3-1-2-11(9-12)16(22)19-14(15(18)21)8-10-4-6-13(7-5-10)20(23)24/h1-7,9,14H,8H2,(H2,18,21)(H,19,22)/t14-/m0/s1. The summed E-state index contributed by atoms with van der Waals surface area (Å²) in [5.74, 6) is -1.98. The van der Waals surface area contributed by atoms with E-state index in [4.69, 9.17) is 5.73 Å². The predicted molar refractivity (Wildman–Crippen MR) is 83.6 cm³/mol. The molecular formula is C16H14FN3O4. The molecule has 7 nitrogen and oxygen atoms in total. The Kier molecular flexibility index (Phi) is 5.20. The van der Waals surface area contributed by atoms with Crippen LogP contribution in [0.1, 0.15) is 15.9 Å². The quantitative estimate of drug-likeness (QED) is 0.617. The van der Waals surface area contributed by atoms with E-state index in [1.165, 1.54) is 42.5 Å². The number of nitro benzene ring substituents is 1. The molecule has 0 unspecified atom stereocenters. The van der Waals surface area contributed by atoms with Crippen molar-refractivity contribution >= 4 is 17.5 Å². The van der Waals surface area contributed by atoms with E-state index in [1.54, 1.807) is 0 Å².